The zero-order chi connectivity index (χ0) is 11.5. The van der Waals surface area contributed by atoms with Crippen molar-refractivity contribution >= 4 is 17.1 Å². The van der Waals surface area contributed by atoms with Crippen LogP contribution in [0.1, 0.15) is 33.8 Å². The highest BCUT2D eigenvalue weighted by molar-refractivity contribution is 7.12. The van der Waals surface area contributed by atoms with Crippen LogP contribution in [0.3, 0.4) is 0 Å². The largest absolute Gasteiger partial charge is 0.389 e. The summed E-state index contributed by atoms with van der Waals surface area (Å²) in [7, 11) is 0. The molecular formula is C13H12O2S. The van der Waals surface area contributed by atoms with Crippen LogP contribution in [0.4, 0.5) is 0 Å². The van der Waals surface area contributed by atoms with Gasteiger partial charge in [-0.1, -0.05) is 30.3 Å². The van der Waals surface area contributed by atoms with E-state index in [-0.39, 0.29) is 5.78 Å². The van der Waals surface area contributed by atoms with E-state index in [1.165, 1.54) is 11.3 Å². The molecule has 0 radical (unpaired) electrons. The third-order valence-corrected chi connectivity index (χ3v) is 3.27. The van der Waals surface area contributed by atoms with Gasteiger partial charge in [-0.3, -0.25) is 4.79 Å². The Morgan fingerprint density at radius 3 is 2.44 bits per heavy atom. The number of hydrogen-bond acceptors (Lipinski definition) is 3. The molecule has 2 aromatic rings. The third-order valence-electron chi connectivity index (χ3n) is 2.40. The standard InChI is InChI=1S/C13H12O2S/c1-9(14)10-4-6-11(7-5-10)13(15)12-3-2-8-16-12/h2-9,14H,1H3. The van der Waals surface area contributed by atoms with E-state index >= 15 is 0 Å². The third kappa shape index (κ3) is 2.21. The Balaban J connectivity index is 2.25. The molecule has 0 bridgehead atoms. The Morgan fingerprint density at radius 2 is 1.94 bits per heavy atom. The summed E-state index contributed by atoms with van der Waals surface area (Å²) in [6.07, 6.45) is -0.495. The number of carbonyl (C=O) groups excluding carboxylic acids is 1. The molecule has 0 aliphatic rings. The van der Waals surface area contributed by atoms with E-state index in [1.54, 1.807) is 31.2 Å². The molecule has 2 nitrogen and oxygen atoms in total. The van der Waals surface area contributed by atoms with Gasteiger partial charge in [-0.2, -0.15) is 0 Å². The summed E-state index contributed by atoms with van der Waals surface area (Å²) in [6.45, 7) is 1.70. The number of rotatable bonds is 3. The summed E-state index contributed by atoms with van der Waals surface area (Å²) >= 11 is 1.44. The van der Waals surface area contributed by atoms with E-state index in [4.69, 9.17) is 0 Å². The van der Waals surface area contributed by atoms with Gasteiger partial charge in [-0.15, -0.1) is 11.3 Å². The first-order chi connectivity index (χ1) is 7.68. The average molecular weight is 232 g/mol. The topological polar surface area (TPSA) is 37.3 Å². The van der Waals surface area contributed by atoms with Gasteiger partial charge in [0.05, 0.1) is 11.0 Å². The number of hydrogen-bond donors (Lipinski definition) is 1. The van der Waals surface area contributed by atoms with Crippen molar-refractivity contribution in [1.29, 1.82) is 0 Å². The molecule has 0 saturated carbocycles. The number of aliphatic hydroxyl groups is 1. The number of thiophene rings is 1. The maximum absolute atomic E-state index is 11.9. The van der Waals surface area contributed by atoms with Gasteiger partial charge in [0.25, 0.3) is 0 Å². The summed E-state index contributed by atoms with van der Waals surface area (Å²) in [6, 6.07) is 10.8. The van der Waals surface area contributed by atoms with Gasteiger partial charge in [-0.05, 0) is 23.9 Å². The highest BCUT2D eigenvalue weighted by Gasteiger charge is 2.10. The number of benzene rings is 1. The lowest BCUT2D eigenvalue weighted by atomic mass is 10.0. The lowest BCUT2D eigenvalue weighted by Crippen LogP contribution is -1.99. The highest BCUT2D eigenvalue weighted by Crippen LogP contribution is 2.17. The van der Waals surface area contributed by atoms with E-state index in [9.17, 15) is 9.90 Å². The molecule has 1 aromatic carbocycles. The van der Waals surface area contributed by atoms with Crippen molar-refractivity contribution in [3.8, 4) is 0 Å². The molecule has 1 heterocycles. The average Bonchev–Trinajstić information content (AvgIpc) is 2.81. The predicted octanol–water partition coefficient (Wildman–Crippen LogP) is 3.03. The van der Waals surface area contributed by atoms with Gasteiger partial charge in [0.15, 0.2) is 0 Å². The molecular weight excluding hydrogens is 220 g/mol. The maximum Gasteiger partial charge on any atom is 0.202 e. The molecule has 1 N–H and O–H groups in total. The molecule has 0 amide bonds. The van der Waals surface area contributed by atoms with E-state index in [0.717, 1.165) is 10.4 Å². The van der Waals surface area contributed by atoms with Crippen molar-refractivity contribution in [2.75, 3.05) is 0 Å². The Kier molecular flexibility index (Phi) is 3.17. The molecule has 0 aliphatic carbocycles. The highest BCUT2D eigenvalue weighted by atomic mass is 32.1. The van der Waals surface area contributed by atoms with Gasteiger partial charge < -0.3 is 5.11 Å². The van der Waals surface area contributed by atoms with E-state index in [2.05, 4.69) is 0 Å². The van der Waals surface area contributed by atoms with Gasteiger partial charge in [0.2, 0.25) is 5.78 Å². The van der Waals surface area contributed by atoms with Crippen LogP contribution in [-0.4, -0.2) is 10.9 Å². The number of ketones is 1. The van der Waals surface area contributed by atoms with Crippen LogP contribution in [0, 0.1) is 0 Å². The summed E-state index contributed by atoms with van der Waals surface area (Å²) in [5.41, 5.74) is 1.48. The molecule has 1 atom stereocenters. The van der Waals surface area contributed by atoms with Crippen molar-refractivity contribution in [1.82, 2.24) is 0 Å². The fourth-order valence-electron chi connectivity index (χ4n) is 1.46. The number of aliphatic hydroxyl groups excluding tert-OH is 1. The quantitative estimate of drug-likeness (QED) is 0.826. The van der Waals surface area contributed by atoms with Gasteiger partial charge >= 0.3 is 0 Å². The molecule has 0 aliphatic heterocycles. The lowest BCUT2D eigenvalue weighted by molar-refractivity contribution is 0.104. The molecule has 82 valence electrons. The minimum Gasteiger partial charge on any atom is -0.389 e. The number of carbonyl (C=O) groups is 1. The van der Waals surface area contributed by atoms with Gasteiger partial charge in [-0.25, -0.2) is 0 Å². The molecule has 0 spiro atoms. The zero-order valence-corrected chi connectivity index (χ0v) is 9.70. The van der Waals surface area contributed by atoms with Crippen molar-refractivity contribution in [2.45, 2.75) is 13.0 Å². The first kappa shape index (κ1) is 11.0. The fraction of sp³-hybridized carbons (Fsp3) is 0.154. The minimum atomic E-state index is -0.495. The van der Waals surface area contributed by atoms with Crippen LogP contribution in [-0.2, 0) is 0 Å². The molecule has 2 rings (SSSR count). The molecule has 3 heteroatoms. The Bertz CT molecular complexity index is 469. The summed E-state index contributed by atoms with van der Waals surface area (Å²) < 4.78 is 0. The van der Waals surface area contributed by atoms with E-state index in [1.807, 2.05) is 17.5 Å². The van der Waals surface area contributed by atoms with Crippen LogP contribution in [0.5, 0.6) is 0 Å². The molecule has 16 heavy (non-hydrogen) atoms. The van der Waals surface area contributed by atoms with Crippen LogP contribution in [0.25, 0.3) is 0 Å². The molecule has 0 fully saturated rings. The second kappa shape index (κ2) is 4.60. The van der Waals surface area contributed by atoms with E-state index < -0.39 is 6.10 Å². The van der Waals surface area contributed by atoms with Crippen molar-refractivity contribution < 1.29 is 9.90 Å². The smallest absolute Gasteiger partial charge is 0.202 e. The van der Waals surface area contributed by atoms with Gasteiger partial charge in [0.1, 0.15) is 0 Å². The van der Waals surface area contributed by atoms with Crippen LogP contribution < -0.4 is 0 Å². The monoisotopic (exact) mass is 232 g/mol. The Morgan fingerprint density at radius 1 is 1.25 bits per heavy atom. The summed E-state index contributed by atoms with van der Waals surface area (Å²) in [4.78, 5) is 12.7. The normalized spacial score (nSPS) is 12.4. The SMILES string of the molecule is CC(O)c1ccc(C(=O)c2cccs2)cc1. The first-order valence-electron chi connectivity index (χ1n) is 5.04. The van der Waals surface area contributed by atoms with Crippen LogP contribution in [0.15, 0.2) is 41.8 Å². The van der Waals surface area contributed by atoms with Gasteiger partial charge in [0, 0.05) is 5.56 Å². The van der Waals surface area contributed by atoms with Crippen molar-refractivity contribution in [2.24, 2.45) is 0 Å². The zero-order valence-electron chi connectivity index (χ0n) is 8.88. The fourth-order valence-corrected chi connectivity index (χ4v) is 2.15. The van der Waals surface area contributed by atoms with Crippen molar-refractivity contribution in [3.63, 3.8) is 0 Å². The van der Waals surface area contributed by atoms with Crippen LogP contribution in [0.2, 0.25) is 0 Å². The maximum atomic E-state index is 11.9. The Hall–Kier alpha value is -1.45. The second-order valence-corrected chi connectivity index (χ2v) is 4.55. The Labute approximate surface area is 98.2 Å². The minimum absolute atomic E-state index is 0.0344. The first-order valence-corrected chi connectivity index (χ1v) is 5.92. The lowest BCUT2D eigenvalue weighted by Gasteiger charge is -2.04. The summed E-state index contributed by atoms with van der Waals surface area (Å²) in [5, 5.41) is 11.2. The molecule has 1 unspecified atom stereocenters. The van der Waals surface area contributed by atoms with Crippen molar-refractivity contribution in [3.05, 3.63) is 57.8 Å². The molecule has 0 saturated heterocycles. The molecule has 1 aromatic heterocycles. The predicted molar refractivity (Wildman–Crippen MR) is 64.8 cm³/mol. The second-order valence-electron chi connectivity index (χ2n) is 3.60. The van der Waals surface area contributed by atoms with E-state index in [0.29, 0.717) is 5.56 Å². The summed E-state index contributed by atoms with van der Waals surface area (Å²) in [5.74, 6) is 0.0344. The van der Waals surface area contributed by atoms with Crippen LogP contribution >= 0.6 is 11.3 Å².